The average molecular weight is 371 g/mol. The summed E-state index contributed by atoms with van der Waals surface area (Å²) in [4.78, 5) is 13.0. The molecule has 0 radical (unpaired) electrons. The molecule has 0 saturated heterocycles. The second-order valence-electron chi connectivity index (χ2n) is 5.89. The number of benzene rings is 3. The minimum absolute atomic E-state index is 0.210. The standard InChI is InChI=1S/C22H17N3OS/c23-15-16-11-13-19(14-12-16)24-22(27)25-21(26)20(17-7-3-1-4-8-17)18-9-5-2-6-10-18/h1-14,20H,(H2,24,25,26,27). The first-order valence-electron chi connectivity index (χ1n) is 8.39. The lowest BCUT2D eigenvalue weighted by Crippen LogP contribution is -2.37. The number of carbonyl (C=O) groups excluding carboxylic acids is 1. The van der Waals surface area contributed by atoms with E-state index in [-0.39, 0.29) is 11.0 Å². The molecule has 5 heteroatoms. The van der Waals surface area contributed by atoms with E-state index >= 15 is 0 Å². The number of hydrogen-bond acceptors (Lipinski definition) is 3. The summed E-state index contributed by atoms with van der Waals surface area (Å²) in [6, 6.07) is 28.1. The molecule has 0 unspecified atom stereocenters. The maximum atomic E-state index is 13.0. The fraction of sp³-hybridized carbons (Fsp3) is 0.0455. The van der Waals surface area contributed by atoms with Crippen molar-refractivity contribution in [2.24, 2.45) is 0 Å². The molecule has 0 aromatic heterocycles. The molecule has 0 aliphatic carbocycles. The van der Waals surface area contributed by atoms with Crippen molar-refractivity contribution in [1.82, 2.24) is 5.32 Å². The molecule has 0 spiro atoms. The van der Waals surface area contributed by atoms with Gasteiger partial charge in [0.25, 0.3) is 0 Å². The SMILES string of the molecule is N#Cc1ccc(NC(=S)NC(=O)C(c2ccccc2)c2ccccc2)cc1. The minimum atomic E-state index is -0.465. The van der Waals surface area contributed by atoms with Crippen molar-refractivity contribution in [3.8, 4) is 6.07 Å². The highest BCUT2D eigenvalue weighted by atomic mass is 32.1. The van der Waals surface area contributed by atoms with Gasteiger partial charge >= 0.3 is 0 Å². The van der Waals surface area contributed by atoms with Crippen LogP contribution in [0.25, 0.3) is 0 Å². The van der Waals surface area contributed by atoms with Gasteiger partial charge in [-0.1, -0.05) is 60.7 Å². The van der Waals surface area contributed by atoms with E-state index in [0.29, 0.717) is 11.3 Å². The lowest BCUT2D eigenvalue weighted by atomic mass is 9.90. The summed E-state index contributed by atoms with van der Waals surface area (Å²) in [5.41, 5.74) is 3.05. The second kappa shape index (κ2) is 8.75. The Kier molecular flexibility index (Phi) is 5.93. The molecule has 0 heterocycles. The number of nitrogens with zero attached hydrogens (tertiary/aromatic N) is 1. The maximum absolute atomic E-state index is 13.0. The van der Waals surface area contributed by atoms with Crippen LogP contribution >= 0.6 is 12.2 Å². The van der Waals surface area contributed by atoms with Crippen molar-refractivity contribution in [2.45, 2.75) is 5.92 Å². The molecule has 0 atom stereocenters. The van der Waals surface area contributed by atoms with Crippen LogP contribution in [0.15, 0.2) is 84.9 Å². The first-order valence-corrected chi connectivity index (χ1v) is 8.80. The summed E-state index contributed by atoms with van der Waals surface area (Å²) < 4.78 is 0. The summed E-state index contributed by atoms with van der Waals surface area (Å²) in [7, 11) is 0. The number of nitriles is 1. The molecule has 1 amide bonds. The van der Waals surface area contributed by atoms with Crippen LogP contribution in [0.5, 0.6) is 0 Å². The summed E-state index contributed by atoms with van der Waals surface area (Å²) in [5, 5.41) is 14.8. The Bertz CT molecular complexity index is 924. The number of thiocarbonyl (C=S) groups is 1. The van der Waals surface area contributed by atoms with Crippen LogP contribution in [-0.2, 0) is 4.79 Å². The first-order chi connectivity index (χ1) is 13.2. The van der Waals surface area contributed by atoms with Crippen molar-refractivity contribution in [3.63, 3.8) is 0 Å². The molecular weight excluding hydrogens is 354 g/mol. The van der Waals surface area contributed by atoms with Crippen LogP contribution in [0.3, 0.4) is 0 Å². The lowest BCUT2D eigenvalue weighted by molar-refractivity contribution is -0.120. The predicted molar refractivity (Wildman–Crippen MR) is 110 cm³/mol. The van der Waals surface area contributed by atoms with E-state index in [1.54, 1.807) is 24.3 Å². The number of nitrogens with one attached hydrogen (secondary N) is 2. The van der Waals surface area contributed by atoms with Crippen LogP contribution in [-0.4, -0.2) is 11.0 Å². The van der Waals surface area contributed by atoms with Crippen molar-refractivity contribution in [2.75, 3.05) is 5.32 Å². The highest BCUT2D eigenvalue weighted by Gasteiger charge is 2.23. The van der Waals surface area contributed by atoms with Crippen LogP contribution in [0, 0.1) is 11.3 Å². The van der Waals surface area contributed by atoms with Gasteiger partial charge in [0.1, 0.15) is 0 Å². The van der Waals surface area contributed by atoms with Gasteiger partial charge in [0, 0.05) is 5.69 Å². The Balaban J connectivity index is 1.76. The molecular formula is C22H17N3OS. The van der Waals surface area contributed by atoms with E-state index in [1.165, 1.54) is 0 Å². The lowest BCUT2D eigenvalue weighted by Gasteiger charge is -2.18. The maximum Gasteiger partial charge on any atom is 0.238 e. The van der Waals surface area contributed by atoms with Crippen LogP contribution < -0.4 is 10.6 Å². The molecule has 132 valence electrons. The zero-order valence-corrected chi connectivity index (χ0v) is 15.2. The Morgan fingerprint density at radius 3 is 1.85 bits per heavy atom. The van der Waals surface area contributed by atoms with E-state index in [0.717, 1.165) is 11.1 Å². The fourth-order valence-electron chi connectivity index (χ4n) is 2.76. The third kappa shape index (κ3) is 4.78. The Morgan fingerprint density at radius 1 is 0.852 bits per heavy atom. The van der Waals surface area contributed by atoms with Crippen molar-refractivity contribution in [3.05, 3.63) is 102 Å². The highest BCUT2D eigenvalue weighted by molar-refractivity contribution is 7.80. The third-order valence-electron chi connectivity index (χ3n) is 4.04. The quantitative estimate of drug-likeness (QED) is 0.675. The number of amides is 1. The van der Waals surface area contributed by atoms with Gasteiger partial charge in [-0.05, 0) is 47.6 Å². The second-order valence-corrected chi connectivity index (χ2v) is 6.30. The Morgan fingerprint density at radius 2 is 1.37 bits per heavy atom. The van der Waals surface area contributed by atoms with Gasteiger partial charge in [0.2, 0.25) is 5.91 Å². The van der Waals surface area contributed by atoms with E-state index in [2.05, 4.69) is 16.7 Å². The molecule has 3 rings (SSSR count). The van der Waals surface area contributed by atoms with Crippen LogP contribution in [0.1, 0.15) is 22.6 Å². The van der Waals surface area contributed by atoms with Crippen molar-refractivity contribution >= 4 is 28.9 Å². The molecule has 3 aromatic carbocycles. The van der Waals surface area contributed by atoms with Gasteiger partial charge < -0.3 is 10.6 Å². The van der Waals surface area contributed by atoms with E-state index in [1.807, 2.05) is 60.7 Å². The van der Waals surface area contributed by atoms with Gasteiger partial charge in [-0.25, -0.2) is 0 Å². The number of hydrogen-bond donors (Lipinski definition) is 2. The molecule has 0 aliphatic heterocycles. The average Bonchev–Trinajstić information content (AvgIpc) is 2.70. The monoisotopic (exact) mass is 371 g/mol. The van der Waals surface area contributed by atoms with Gasteiger partial charge in [-0.3, -0.25) is 4.79 Å². The molecule has 0 aliphatic rings. The zero-order valence-electron chi connectivity index (χ0n) is 14.4. The van der Waals surface area contributed by atoms with Crippen LogP contribution in [0.4, 0.5) is 5.69 Å². The molecule has 4 nitrogen and oxygen atoms in total. The van der Waals surface area contributed by atoms with E-state index in [4.69, 9.17) is 17.5 Å². The Labute approximate surface area is 163 Å². The van der Waals surface area contributed by atoms with Gasteiger partial charge in [-0.15, -0.1) is 0 Å². The molecule has 3 aromatic rings. The van der Waals surface area contributed by atoms with Gasteiger partial charge in [0.05, 0.1) is 17.6 Å². The summed E-state index contributed by atoms with van der Waals surface area (Å²) >= 11 is 5.28. The topological polar surface area (TPSA) is 64.9 Å². The largest absolute Gasteiger partial charge is 0.332 e. The summed E-state index contributed by atoms with van der Waals surface area (Å²) in [6.45, 7) is 0. The molecule has 0 bridgehead atoms. The number of anilines is 1. The highest BCUT2D eigenvalue weighted by Crippen LogP contribution is 2.24. The van der Waals surface area contributed by atoms with Gasteiger partial charge in [-0.2, -0.15) is 5.26 Å². The normalized spacial score (nSPS) is 10.1. The minimum Gasteiger partial charge on any atom is -0.332 e. The Hall–Kier alpha value is -3.49. The first kappa shape index (κ1) is 18.3. The number of carbonyl (C=O) groups is 1. The van der Waals surface area contributed by atoms with Crippen molar-refractivity contribution in [1.29, 1.82) is 5.26 Å². The van der Waals surface area contributed by atoms with Gasteiger partial charge in [0.15, 0.2) is 5.11 Å². The summed E-state index contributed by atoms with van der Waals surface area (Å²) in [5.74, 6) is -0.674. The molecule has 0 fully saturated rings. The van der Waals surface area contributed by atoms with E-state index < -0.39 is 5.92 Å². The fourth-order valence-corrected chi connectivity index (χ4v) is 2.98. The molecule has 2 N–H and O–H groups in total. The third-order valence-corrected chi connectivity index (χ3v) is 4.24. The van der Waals surface area contributed by atoms with Crippen molar-refractivity contribution < 1.29 is 4.79 Å². The van der Waals surface area contributed by atoms with Crippen LogP contribution in [0.2, 0.25) is 0 Å². The molecule has 27 heavy (non-hydrogen) atoms. The molecule has 0 saturated carbocycles. The van der Waals surface area contributed by atoms with E-state index in [9.17, 15) is 4.79 Å². The number of rotatable bonds is 4. The zero-order chi connectivity index (χ0) is 19.1. The smallest absolute Gasteiger partial charge is 0.238 e. The predicted octanol–water partition coefficient (Wildman–Crippen LogP) is 4.20. The summed E-state index contributed by atoms with van der Waals surface area (Å²) in [6.07, 6.45) is 0.